The first kappa shape index (κ1) is 22.4. The van der Waals surface area contributed by atoms with Gasteiger partial charge in [-0.1, -0.05) is 24.3 Å². The highest BCUT2D eigenvalue weighted by atomic mass is 19.1. The van der Waals surface area contributed by atoms with Gasteiger partial charge in [0.05, 0.1) is 17.8 Å². The molecule has 1 saturated carbocycles. The van der Waals surface area contributed by atoms with E-state index in [-0.39, 0.29) is 23.9 Å². The number of carbonyl (C=O) groups excluding carboxylic acids is 1. The average Bonchev–Trinajstić information content (AvgIpc) is 3.64. The van der Waals surface area contributed by atoms with E-state index in [4.69, 9.17) is 10.1 Å². The molecule has 1 amide bonds. The maximum absolute atomic E-state index is 15.1. The molecule has 2 aliphatic heterocycles. The topological polar surface area (TPSA) is 74.0 Å². The van der Waals surface area contributed by atoms with Gasteiger partial charge in [-0.05, 0) is 61.6 Å². The molecule has 4 heterocycles. The molecule has 1 aliphatic carbocycles. The lowest BCUT2D eigenvalue weighted by atomic mass is 9.93. The van der Waals surface area contributed by atoms with Gasteiger partial charge in [-0.3, -0.25) is 4.79 Å². The second kappa shape index (κ2) is 8.38. The van der Waals surface area contributed by atoms with Crippen molar-refractivity contribution >= 4 is 17.2 Å². The Kier molecular flexibility index (Phi) is 5.08. The van der Waals surface area contributed by atoms with Gasteiger partial charge in [-0.25, -0.2) is 13.9 Å². The minimum Gasteiger partial charge on any atom is -0.389 e. The third-order valence-electron chi connectivity index (χ3n) is 7.98. The number of hydrogen-bond acceptors (Lipinski definition) is 5. The molecular formula is C29H28FN5O2. The zero-order valence-electron chi connectivity index (χ0n) is 20.6. The number of aliphatic hydroxyl groups is 1. The van der Waals surface area contributed by atoms with E-state index in [1.807, 2.05) is 34.1 Å². The molecule has 188 valence electrons. The molecule has 7 rings (SSSR count). The predicted octanol–water partition coefficient (Wildman–Crippen LogP) is 4.35. The summed E-state index contributed by atoms with van der Waals surface area (Å²) in [6, 6.07) is 17.0. The van der Waals surface area contributed by atoms with Crippen LogP contribution in [-0.4, -0.2) is 56.2 Å². The highest BCUT2D eigenvalue weighted by Gasteiger charge is 2.33. The molecule has 0 bridgehead atoms. The highest BCUT2D eigenvalue weighted by molar-refractivity contribution is 5.93. The summed E-state index contributed by atoms with van der Waals surface area (Å²) in [5.74, 6) is -0.122. The number of anilines is 1. The van der Waals surface area contributed by atoms with Gasteiger partial charge in [0.2, 0.25) is 0 Å². The Morgan fingerprint density at radius 1 is 1.08 bits per heavy atom. The molecule has 2 aromatic heterocycles. The summed E-state index contributed by atoms with van der Waals surface area (Å²) in [4.78, 5) is 22.3. The minimum atomic E-state index is -0.368. The third kappa shape index (κ3) is 3.78. The smallest absolute Gasteiger partial charge is 0.273 e. The zero-order chi connectivity index (χ0) is 25.3. The molecule has 8 heteroatoms. The summed E-state index contributed by atoms with van der Waals surface area (Å²) < 4.78 is 16.9. The summed E-state index contributed by atoms with van der Waals surface area (Å²) in [6.07, 6.45) is 2.56. The van der Waals surface area contributed by atoms with Crippen molar-refractivity contribution in [3.8, 4) is 11.3 Å². The number of hydrogen-bond donors (Lipinski definition) is 1. The first-order chi connectivity index (χ1) is 18.0. The zero-order valence-corrected chi connectivity index (χ0v) is 20.6. The van der Waals surface area contributed by atoms with Crippen molar-refractivity contribution in [3.63, 3.8) is 0 Å². The largest absolute Gasteiger partial charge is 0.389 e. The normalized spacial score (nSPS) is 19.7. The minimum absolute atomic E-state index is 0.0274. The van der Waals surface area contributed by atoms with Crippen LogP contribution in [0.15, 0.2) is 54.6 Å². The van der Waals surface area contributed by atoms with E-state index in [1.165, 1.54) is 17.2 Å². The number of fused-ring (bicyclic) bond motifs is 2. The number of nitrogens with zero attached hydrogens (tertiary/aromatic N) is 5. The lowest BCUT2D eigenvalue weighted by Crippen LogP contribution is -2.50. The summed E-state index contributed by atoms with van der Waals surface area (Å²) in [5, 5.41) is 14.3. The average molecular weight is 498 g/mol. The van der Waals surface area contributed by atoms with Crippen LogP contribution in [0.5, 0.6) is 0 Å². The summed E-state index contributed by atoms with van der Waals surface area (Å²) in [5.41, 5.74) is 6.04. The second-order valence-corrected chi connectivity index (χ2v) is 10.5. The molecule has 0 radical (unpaired) electrons. The second-order valence-electron chi connectivity index (χ2n) is 10.5. The Hall–Kier alpha value is -3.78. The molecule has 0 unspecified atom stereocenters. The van der Waals surface area contributed by atoms with E-state index < -0.39 is 0 Å². The monoisotopic (exact) mass is 497 g/mol. The van der Waals surface area contributed by atoms with E-state index in [0.717, 1.165) is 30.6 Å². The molecule has 1 N–H and O–H groups in total. The van der Waals surface area contributed by atoms with Gasteiger partial charge in [-0.15, -0.1) is 0 Å². The summed E-state index contributed by atoms with van der Waals surface area (Å²) in [6.45, 7) is 3.75. The quantitative estimate of drug-likeness (QED) is 0.454. The maximum Gasteiger partial charge on any atom is 0.273 e. The van der Waals surface area contributed by atoms with Gasteiger partial charge >= 0.3 is 0 Å². The highest BCUT2D eigenvalue weighted by Crippen LogP contribution is 2.41. The van der Waals surface area contributed by atoms with Gasteiger partial charge in [0.25, 0.3) is 5.91 Å². The Labute approximate surface area is 214 Å². The van der Waals surface area contributed by atoms with Crippen LogP contribution in [0.25, 0.3) is 16.9 Å². The molecule has 2 aromatic carbocycles. The first-order valence-electron chi connectivity index (χ1n) is 13.0. The SMILES string of the molecule is C[C@@H]1c2ccccc2CCN1C(=O)c1cc(C2CC2)n2nc(-c3ccc(N4CC(O)C4)cc3F)cc2n1. The van der Waals surface area contributed by atoms with Gasteiger partial charge in [0.15, 0.2) is 5.65 Å². The number of amides is 1. The lowest BCUT2D eigenvalue weighted by molar-refractivity contribution is 0.0671. The number of carbonyl (C=O) groups is 1. The van der Waals surface area contributed by atoms with E-state index in [9.17, 15) is 9.90 Å². The number of halogens is 1. The fourth-order valence-electron chi connectivity index (χ4n) is 5.68. The van der Waals surface area contributed by atoms with E-state index in [0.29, 0.717) is 48.2 Å². The van der Waals surface area contributed by atoms with E-state index in [1.54, 1.807) is 16.6 Å². The van der Waals surface area contributed by atoms with Crippen LogP contribution >= 0.6 is 0 Å². The summed E-state index contributed by atoms with van der Waals surface area (Å²) >= 11 is 0. The van der Waals surface area contributed by atoms with Crippen LogP contribution < -0.4 is 4.90 Å². The van der Waals surface area contributed by atoms with Crippen molar-refractivity contribution in [3.05, 3.63) is 82.9 Å². The van der Waals surface area contributed by atoms with Crippen LogP contribution in [0.3, 0.4) is 0 Å². The van der Waals surface area contributed by atoms with E-state index in [2.05, 4.69) is 19.1 Å². The fourth-order valence-corrected chi connectivity index (χ4v) is 5.68. The Morgan fingerprint density at radius 2 is 1.89 bits per heavy atom. The number of aromatic nitrogens is 3. The van der Waals surface area contributed by atoms with Crippen molar-refractivity contribution < 1.29 is 14.3 Å². The van der Waals surface area contributed by atoms with Crippen LogP contribution in [-0.2, 0) is 6.42 Å². The molecule has 0 spiro atoms. The van der Waals surface area contributed by atoms with Crippen LogP contribution in [0.2, 0.25) is 0 Å². The Balaban J connectivity index is 1.24. The van der Waals surface area contributed by atoms with Crippen molar-refractivity contribution in [2.45, 2.75) is 44.2 Å². The van der Waals surface area contributed by atoms with Crippen molar-refractivity contribution in [1.82, 2.24) is 19.5 Å². The van der Waals surface area contributed by atoms with Crippen molar-refractivity contribution in [2.75, 3.05) is 24.5 Å². The third-order valence-corrected chi connectivity index (χ3v) is 7.98. The molecule has 4 aromatic rings. The van der Waals surface area contributed by atoms with Crippen LogP contribution in [0.4, 0.5) is 10.1 Å². The number of benzene rings is 2. The Morgan fingerprint density at radius 3 is 2.65 bits per heavy atom. The molecule has 2 fully saturated rings. The fraction of sp³-hybridized carbons (Fsp3) is 0.345. The number of aliphatic hydroxyl groups excluding tert-OH is 1. The van der Waals surface area contributed by atoms with Crippen LogP contribution in [0.1, 0.15) is 59.0 Å². The van der Waals surface area contributed by atoms with Crippen LogP contribution in [0, 0.1) is 5.82 Å². The first-order valence-corrected chi connectivity index (χ1v) is 13.0. The molecule has 1 saturated heterocycles. The Bertz CT molecular complexity index is 1540. The molecule has 7 nitrogen and oxygen atoms in total. The molecule has 1 atom stereocenters. The number of rotatable bonds is 4. The maximum atomic E-state index is 15.1. The van der Waals surface area contributed by atoms with Crippen molar-refractivity contribution in [2.24, 2.45) is 0 Å². The molecule has 3 aliphatic rings. The standard InChI is InChI=1S/C29H28FN5O2/c1-17-22-5-3-2-4-18(22)10-11-34(17)29(37)26-13-27(19-6-7-19)35-28(31-26)14-25(32-35)23-9-8-20(12-24(23)30)33-15-21(36)16-33/h2-5,8-9,12-14,17,19,21,36H,6-7,10-11,15-16H2,1H3/t17-/m1/s1. The van der Waals surface area contributed by atoms with Gasteiger partial charge in [0, 0.05) is 48.6 Å². The van der Waals surface area contributed by atoms with E-state index >= 15 is 4.39 Å². The lowest BCUT2D eigenvalue weighted by Gasteiger charge is -2.37. The summed E-state index contributed by atoms with van der Waals surface area (Å²) in [7, 11) is 0. The van der Waals surface area contributed by atoms with Gasteiger partial charge < -0.3 is 14.9 Å². The molecule has 37 heavy (non-hydrogen) atoms. The molecular weight excluding hydrogens is 469 g/mol. The van der Waals surface area contributed by atoms with Gasteiger partial charge in [-0.2, -0.15) is 5.10 Å². The van der Waals surface area contributed by atoms with Gasteiger partial charge in [0.1, 0.15) is 11.5 Å². The predicted molar refractivity (Wildman–Crippen MR) is 138 cm³/mol. The number of β-amino-alcohol motifs (C(OH)–C–C–N with tert-alkyl or cyclic N) is 1. The van der Waals surface area contributed by atoms with Crippen molar-refractivity contribution in [1.29, 1.82) is 0 Å².